The first-order valence-corrected chi connectivity index (χ1v) is 9.76. The number of nitrogens with one attached hydrogen (secondary N) is 1. The van der Waals surface area contributed by atoms with E-state index in [4.69, 9.17) is 0 Å². The van der Waals surface area contributed by atoms with Crippen molar-refractivity contribution >= 4 is 0 Å². The summed E-state index contributed by atoms with van der Waals surface area (Å²) in [5.74, 6) is 3.07. The lowest BCUT2D eigenvalue weighted by Gasteiger charge is -2.48. The van der Waals surface area contributed by atoms with E-state index in [0.717, 1.165) is 35.9 Å². The van der Waals surface area contributed by atoms with Gasteiger partial charge < -0.3 is 5.32 Å². The lowest BCUT2D eigenvalue weighted by molar-refractivity contribution is 0.0288. The molecule has 4 fully saturated rings. The van der Waals surface area contributed by atoms with Crippen LogP contribution in [0.1, 0.15) is 71.1 Å². The molecule has 1 heterocycles. The highest BCUT2D eigenvalue weighted by atomic mass is 15.2. The summed E-state index contributed by atoms with van der Waals surface area (Å²) in [7, 11) is 0. The molecular weight excluding hydrogens is 256 g/mol. The van der Waals surface area contributed by atoms with Crippen LogP contribution in [-0.2, 0) is 0 Å². The second kappa shape index (κ2) is 6.20. The SMILES string of the molecule is CC1CC(N2CC(CC3CC3)CC(NC3CCCC3)C2)C1. The molecular formula is C19H34N2. The van der Waals surface area contributed by atoms with E-state index in [1.807, 2.05) is 0 Å². The zero-order valence-electron chi connectivity index (χ0n) is 13.9. The molecule has 2 atom stereocenters. The van der Waals surface area contributed by atoms with Gasteiger partial charge in [-0.05, 0) is 56.3 Å². The van der Waals surface area contributed by atoms with Gasteiger partial charge in [0.2, 0.25) is 0 Å². The van der Waals surface area contributed by atoms with Gasteiger partial charge in [0.15, 0.2) is 0 Å². The molecule has 2 unspecified atom stereocenters. The Morgan fingerprint density at radius 2 is 1.62 bits per heavy atom. The van der Waals surface area contributed by atoms with Crippen molar-refractivity contribution in [2.45, 2.75) is 89.3 Å². The molecule has 2 nitrogen and oxygen atoms in total. The average molecular weight is 290 g/mol. The number of rotatable bonds is 5. The van der Waals surface area contributed by atoms with Crippen molar-refractivity contribution < 1.29 is 0 Å². The molecule has 0 aromatic heterocycles. The molecule has 0 amide bonds. The topological polar surface area (TPSA) is 15.3 Å². The molecule has 21 heavy (non-hydrogen) atoms. The van der Waals surface area contributed by atoms with Crippen LogP contribution in [0.4, 0.5) is 0 Å². The summed E-state index contributed by atoms with van der Waals surface area (Å²) >= 11 is 0. The van der Waals surface area contributed by atoms with Gasteiger partial charge in [0.25, 0.3) is 0 Å². The molecule has 0 aromatic carbocycles. The lowest BCUT2D eigenvalue weighted by atomic mass is 9.78. The number of hydrogen-bond donors (Lipinski definition) is 1. The van der Waals surface area contributed by atoms with Gasteiger partial charge in [-0.2, -0.15) is 0 Å². The zero-order valence-corrected chi connectivity index (χ0v) is 13.9. The second-order valence-electron chi connectivity index (χ2n) is 8.81. The largest absolute Gasteiger partial charge is 0.310 e. The summed E-state index contributed by atoms with van der Waals surface area (Å²) < 4.78 is 0. The van der Waals surface area contributed by atoms with Gasteiger partial charge in [-0.25, -0.2) is 0 Å². The van der Waals surface area contributed by atoms with Crippen molar-refractivity contribution in [1.29, 1.82) is 0 Å². The minimum absolute atomic E-state index is 0.793. The van der Waals surface area contributed by atoms with Crippen LogP contribution in [0.25, 0.3) is 0 Å². The van der Waals surface area contributed by atoms with Crippen molar-refractivity contribution in [3.8, 4) is 0 Å². The predicted octanol–water partition coefficient (Wildman–Crippen LogP) is 3.81. The smallest absolute Gasteiger partial charge is 0.0200 e. The first-order valence-electron chi connectivity index (χ1n) is 9.76. The maximum absolute atomic E-state index is 4.04. The summed E-state index contributed by atoms with van der Waals surface area (Å²) in [6, 6.07) is 2.56. The fourth-order valence-corrected chi connectivity index (χ4v) is 5.24. The van der Waals surface area contributed by atoms with Crippen LogP contribution in [0.5, 0.6) is 0 Å². The average Bonchev–Trinajstić information content (AvgIpc) is 3.09. The van der Waals surface area contributed by atoms with Gasteiger partial charge in [0.1, 0.15) is 0 Å². The molecule has 1 saturated heterocycles. The highest BCUT2D eigenvalue weighted by molar-refractivity contribution is 4.94. The first-order chi connectivity index (χ1) is 10.3. The molecule has 1 N–H and O–H groups in total. The summed E-state index contributed by atoms with van der Waals surface area (Å²) in [5, 5.41) is 4.04. The van der Waals surface area contributed by atoms with Crippen LogP contribution in [0.2, 0.25) is 0 Å². The van der Waals surface area contributed by atoms with Crippen LogP contribution >= 0.6 is 0 Å². The third-order valence-corrected chi connectivity index (χ3v) is 6.62. The van der Waals surface area contributed by atoms with E-state index in [1.54, 1.807) is 0 Å². The quantitative estimate of drug-likeness (QED) is 0.828. The maximum Gasteiger partial charge on any atom is 0.0200 e. The van der Waals surface area contributed by atoms with E-state index < -0.39 is 0 Å². The van der Waals surface area contributed by atoms with E-state index in [1.165, 1.54) is 77.3 Å². The second-order valence-corrected chi connectivity index (χ2v) is 8.81. The molecule has 0 radical (unpaired) electrons. The molecule has 0 bridgehead atoms. The normalized spacial score (nSPS) is 42.1. The van der Waals surface area contributed by atoms with Crippen molar-refractivity contribution in [2.75, 3.05) is 13.1 Å². The van der Waals surface area contributed by atoms with Gasteiger partial charge in [0, 0.05) is 31.2 Å². The van der Waals surface area contributed by atoms with Crippen molar-refractivity contribution in [3.05, 3.63) is 0 Å². The maximum atomic E-state index is 4.04. The number of nitrogens with zero attached hydrogens (tertiary/aromatic N) is 1. The number of likely N-dealkylation sites (tertiary alicyclic amines) is 1. The molecule has 4 rings (SSSR count). The van der Waals surface area contributed by atoms with E-state index in [0.29, 0.717) is 0 Å². The van der Waals surface area contributed by atoms with Gasteiger partial charge in [-0.1, -0.05) is 32.6 Å². The molecule has 0 aromatic rings. The van der Waals surface area contributed by atoms with Crippen LogP contribution < -0.4 is 5.32 Å². The highest BCUT2D eigenvalue weighted by Gasteiger charge is 2.38. The van der Waals surface area contributed by atoms with E-state index >= 15 is 0 Å². The summed E-state index contributed by atoms with van der Waals surface area (Å²) in [5.41, 5.74) is 0. The standard InChI is InChI=1S/C19H34N2/c1-14-8-19(9-14)21-12-16(10-15-6-7-15)11-18(13-21)20-17-4-2-3-5-17/h14-20H,2-13H2,1H3. The minimum atomic E-state index is 0.793. The Balaban J connectivity index is 1.34. The van der Waals surface area contributed by atoms with Crippen LogP contribution in [0, 0.1) is 17.8 Å². The Kier molecular flexibility index (Phi) is 4.28. The molecule has 3 aliphatic carbocycles. The lowest BCUT2D eigenvalue weighted by Crippen LogP contribution is -2.56. The van der Waals surface area contributed by atoms with Crippen LogP contribution in [-0.4, -0.2) is 36.1 Å². The van der Waals surface area contributed by atoms with Gasteiger partial charge in [-0.3, -0.25) is 4.90 Å². The summed E-state index contributed by atoms with van der Waals surface area (Å²) in [6.45, 7) is 5.18. The fourth-order valence-electron chi connectivity index (χ4n) is 5.24. The summed E-state index contributed by atoms with van der Waals surface area (Å²) in [4.78, 5) is 2.88. The predicted molar refractivity (Wildman–Crippen MR) is 88.4 cm³/mol. The van der Waals surface area contributed by atoms with Crippen molar-refractivity contribution in [1.82, 2.24) is 10.2 Å². The first kappa shape index (κ1) is 14.5. The number of hydrogen-bond acceptors (Lipinski definition) is 2. The third-order valence-electron chi connectivity index (χ3n) is 6.62. The Hall–Kier alpha value is -0.0800. The molecule has 3 saturated carbocycles. The zero-order chi connectivity index (χ0) is 14.2. The number of piperidine rings is 1. The van der Waals surface area contributed by atoms with Crippen molar-refractivity contribution in [3.63, 3.8) is 0 Å². The van der Waals surface area contributed by atoms with Gasteiger partial charge >= 0.3 is 0 Å². The van der Waals surface area contributed by atoms with E-state index in [2.05, 4.69) is 17.1 Å². The fraction of sp³-hybridized carbons (Fsp3) is 1.00. The Morgan fingerprint density at radius 3 is 2.29 bits per heavy atom. The van der Waals surface area contributed by atoms with E-state index in [9.17, 15) is 0 Å². The van der Waals surface area contributed by atoms with Gasteiger partial charge in [-0.15, -0.1) is 0 Å². The Bertz CT molecular complexity index is 339. The molecule has 4 aliphatic rings. The molecule has 2 heteroatoms. The van der Waals surface area contributed by atoms with E-state index in [-0.39, 0.29) is 0 Å². The van der Waals surface area contributed by atoms with Gasteiger partial charge in [0.05, 0.1) is 0 Å². The molecule has 120 valence electrons. The Morgan fingerprint density at radius 1 is 0.857 bits per heavy atom. The molecule has 0 spiro atoms. The molecule has 1 aliphatic heterocycles. The Labute approximate surface area is 131 Å². The third kappa shape index (κ3) is 3.64. The van der Waals surface area contributed by atoms with Crippen molar-refractivity contribution in [2.24, 2.45) is 17.8 Å². The summed E-state index contributed by atoms with van der Waals surface area (Å²) in [6.07, 6.45) is 14.8. The van der Waals surface area contributed by atoms with Crippen LogP contribution in [0.3, 0.4) is 0 Å². The minimum Gasteiger partial charge on any atom is -0.310 e. The van der Waals surface area contributed by atoms with Crippen LogP contribution in [0.15, 0.2) is 0 Å². The monoisotopic (exact) mass is 290 g/mol. The highest BCUT2D eigenvalue weighted by Crippen LogP contribution is 2.40.